The second kappa shape index (κ2) is 10.1. The number of anilines is 2. The number of hydrogen-bond acceptors (Lipinski definition) is 4. The van der Waals surface area contributed by atoms with E-state index in [0.29, 0.717) is 11.4 Å². The SMILES string of the molecule is Cc1ccc(NC(=O)c2cccc(OP(=O)([O-])Nc3ccc(C)cc3)c2)cc1.[Na+]. The average molecular weight is 418 g/mol. The summed E-state index contributed by atoms with van der Waals surface area (Å²) in [6.07, 6.45) is 0. The summed E-state index contributed by atoms with van der Waals surface area (Å²) in [6.45, 7) is 3.86. The Hall–Kier alpha value is -2.08. The van der Waals surface area contributed by atoms with Crippen molar-refractivity contribution in [3.63, 3.8) is 0 Å². The van der Waals surface area contributed by atoms with E-state index in [4.69, 9.17) is 4.52 Å². The van der Waals surface area contributed by atoms with Gasteiger partial charge in [0.15, 0.2) is 0 Å². The fourth-order valence-corrected chi connectivity index (χ4v) is 3.38. The number of rotatable bonds is 6. The number of aryl methyl sites for hydroxylation is 2. The van der Waals surface area contributed by atoms with Crippen LogP contribution >= 0.6 is 7.75 Å². The molecule has 29 heavy (non-hydrogen) atoms. The van der Waals surface area contributed by atoms with Gasteiger partial charge in [-0.2, -0.15) is 0 Å². The Labute approximate surface area is 192 Å². The van der Waals surface area contributed by atoms with Crippen molar-refractivity contribution in [1.82, 2.24) is 0 Å². The second-order valence-corrected chi connectivity index (χ2v) is 7.82. The molecule has 3 aromatic carbocycles. The first kappa shape index (κ1) is 23.2. The zero-order chi connectivity index (χ0) is 20.1. The van der Waals surface area contributed by atoms with Crippen LogP contribution in [0.15, 0.2) is 72.8 Å². The van der Waals surface area contributed by atoms with E-state index in [-0.39, 0.29) is 46.8 Å². The van der Waals surface area contributed by atoms with Gasteiger partial charge < -0.3 is 19.8 Å². The molecular formula is C21H20N2NaO4P. The maximum Gasteiger partial charge on any atom is 1.00 e. The molecule has 6 nitrogen and oxygen atoms in total. The van der Waals surface area contributed by atoms with Crippen LogP contribution in [0.5, 0.6) is 5.75 Å². The van der Waals surface area contributed by atoms with Crippen LogP contribution < -0.4 is 49.4 Å². The van der Waals surface area contributed by atoms with Gasteiger partial charge in [-0.1, -0.05) is 41.5 Å². The summed E-state index contributed by atoms with van der Waals surface area (Å²) in [7, 11) is -4.41. The van der Waals surface area contributed by atoms with Gasteiger partial charge in [0.25, 0.3) is 13.7 Å². The van der Waals surface area contributed by atoms with Crippen LogP contribution in [-0.2, 0) is 4.57 Å². The van der Waals surface area contributed by atoms with E-state index in [1.54, 1.807) is 48.5 Å². The number of carbonyl (C=O) groups is 1. The molecule has 0 saturated carbocycles. The first-order valence-electron chi connectivity index (χ1n) is 8.64. The molecule has 3 rings (SSSR count). The van der Waals surface area contributed by atoms with E-state index in [9.17, 15) is 14.3 Å². The van der Waals surface area contributed by atoms with E-state index in [1.165, 1.54) is 12.1 Å². The molecule has 0 saturated heterocycles. The van der Waals surface area contributed by atoms with Gasteiger partial charge in [-0.3, -0.25) is 9.36 Å². The molecule has 0 radical (unpaired) electrons. The molecule has 1 amide bonds. The van der Waals surface area contributed by atoms with Crippen molar-refractivity contribution in [1.29, 1.82) is 0 Å². The topological polar surface area (TPSA) is 90.5 Å². The average Bonchev–Trinajstić information content (AvgIpc) is 2.65. The molecule has 0 spiro atoms. The minimum Gasteiger partial charge on any atom is -0.752 e. The molecule has 1 atom stereocenters. The summed E-state index contributed by atoms with van der Waals surface area (Å²) in [6, 6.07) is 20.2. The van der Waals surface area contributed by atoms with Gasteiger partial charge in [-0.25, -0.2) is 0 Å². The Kier molecular flexibility index (Phi) is 8.08. The fourth-order valence-electron chi connectivity index (χ4n) is 2.48. The van der Waals surface area contributed by atoms with Gasteiger partial charge in [0, 0.05) is 16.9 Å². The smallest absolute Gasteiger partial charge is 0.752 e. The number of amides is 1. The summed E-state index contributed by atoms with van der Waals surface area (Å²) in [5, 5.41) is 5.13. The maximum atomic E-state index is 12.4. The van der Waals surface area contributed by atoms with Gasteiger partial charge in [0.1, 0.15) is 5.75 Å². The molecule has 0 bridgehead atoms. The Balaban J connectivity index is 0.00000300. The van der Waals surface area contributed by atoms with Crippen LogP contribution in [0.3, 0.4) is 0 Å². The first-order valence-corrected chi connectivity index (χ1v) is 10.2. The van der Waals surface area contributed by atoms with Crippen molar-refractivity contribution in [2.75, 3.05) is 10.4 Å². The van der Waals surface area contributed by atoms with Gasteiger partial charge in [0.05, 0.1) is 0 Å². The van der Waals surface area contributed by atoms with Gasteiger partial charge in [0.2, 0.25) is 0 Å². The third-order valence-electron chi connectivity index (χ3n) is 3.95. The van der Waals surface area contributed by atoms with Crippen molar-refractivity contribution in [3.8, 4) is 5.75 Å². The molecule has 0 fully saturated rings. The Morgan fingerprint density at radius 2 is 1.45 bits per heavy atom. The van der Waals surface area contributed by atoms with Gasteiger partial charge in [-0.05, 0) is 56.3 Å². The van der Waals surface area contributed by atoms with E-state index in [2.05, 4.69) is 10.4 Å². The van der Waals surface area contributed by atoms with Crippen LogP contribution in [0, 0.1) is 13.8 Å². The molecule has 0 heterocycles. The molecule has 2 N–H and O–H groups in total. The predicted molar refractivity (Wildman–Crippen MR) is 109 cm³/mol. The van der Waals surface area contributed by atoms with Crippen molar-refractivity contribution < 1.29 is 48.3 Å². The third-order valence-corrected chi connectivity index (χ3v) is 4.93. The molecule has 3 aromatic rings. The number of hydrogen-bond donors (Lipinski definition) is 2. The number of carbonyl (C=O) groups excluding carboxylic acids is 1. The summed E-state index contributed by atoms with van der Waals surface area (Å²) in [5.41, 5.74) is 3.43. The molecule has 0 aliphatic heterocycles. The van der Waals surface area contributed by atoms with E-state index in [0.717, 1.165) is 11.1 Å². The standard InChI is InChI=1S/C21H21N2O4P.Na/c1-15-6-10-18(11-7-15)22-21(24)17-4-3-5-20(14-17)27-28(25,26)23-19-12-8-16(2)9-13-19;/h3-14H,1-2H3,(H,22,24)(H2,23,25,26);/q;+1/p-1. The van der Waals surface area contributed by atoms with Crippen molar-refractivity contribution in [3.05, 3.63) is 89.5 Å². The van der Waals surface area contributed by atoms with E-state index >= 15 is 0 Å². The Morgan fingerprint density at radius 3 is 2.03 bits per heavy atom. The zero-order valence-electron chi connectivity index (χ0n) is 16.5. The molecule has 1 unspecified atom stereocenters. The quantitative estimate of drug-likeness (QED) is 0.468. The van der Waals surface area contributed by atoms with E-state index < -0.39 is 7.75 Å². The Bertz CT molecular complexity index is 1020. The van der Waals surface area contributed by atoms with Gasteiger partial charge in [-0.15, -0.1) is 0 Å². The fraction of sp³-hybridized carbons (Fsp3) is 0.0952. The summed E-state index contributed by atoms with van der Waals surface area (Å²) in [5.74, 6) is -0.309. The first-order chi connectivity index (χ1) is 13.3. The van der Waals surface area contributed by atoms with Crippen LogP contribution in [-0.4, -0.2) is 5.91 Å². The summed E-state index contributed by atoms with van der Waals surface area (Å²) in [4.78, 5) is 24.7. The normalized spacial score (nSPS) is 12.2. The second-order valence-electron chi connectivity index (χ2n) is 6.41. The number of nitrogens with one attached hydrogen (secondary N) is 2. The molecular weight excluding hydrogens is 398 g/mol. The van der Waals surface area contributed by atoms with Crippen molar-refractivity contribution in [2.45, 2.75) is 13.8 Å². The van der Waals surface area contributed by atoms with Crippen LogP contribution in [0.25, 0.3) is 0 Å². The predicted octanol–water partition coefficient (Wildman–Crippen LogP) is 1.52. The monoisotopic (exact) mass is 418 g/mol. The van der Waals surface area contributed by atoms with Crippen molar-refractivity contribution in [2.24, 2.45) is 0 Å². The molecule has 8 heteroatoms. The third kappa shape index (κ3) is 7.03. The van der Waals surface area contributed by atoms with Crippen LogP contribution in [0.2, 0.25) is 0 Å². The summed E-state index contributed by atoms with van der Waals surface area (Å²) >= 11 is 0. The van der Waals surface area contributed by atoms with Crippen LogP contribution in [0.1, 0.15) is 21.5 Å². The van der Waals surface area contributed by atoms with E-state index in [1.807, 2.05) is 26.0 Å². The minimum atomic E-state index is -4.41. The minimum absolute atomic E-state index is 0. The van der Waals surface area contributed by atoms with Crippen LogP contribution in [0.4, 0.5) is 11.4 Å². The summed E-state index contributed by atoms with van der Waals surface area (Å²) < 4.78 is 17.4. The van der Waals surface area contributed by atoms with Gasteiger partial charge >= 0.3 is 29.6 Å². The Morgan fingerprint density at radius 1 is 0.897 bits per heavy atom. The zero-order valence-corrected chi connectivity index (χ0v) is 19.4. The molecule has 144 valence electrons. The molecule has 0 aliphatic carbocycles. The molecule has 0 aromatic heterocycles. The largest absolute Gasteiger partial charge is 1.00 e. The maximum absolute atomic E-state index is 12.4. The molecule has 0 aliphatic rings. The van der Waals surface area contributed by atoms with Crippen molar-refractivity contribution >= 4 is 25.0 Å². The number of benzene rings is 3.